The molecule has 3 atom stereocenters. The van der Waals surface area contributed by atoms with Gasteiger partial charge in [0.2, 0.25) is 5.91 Å². The number of nitrogens with zero attached hydrogens (tertiary/aromatic N) is 3. The zero-order valence-corrected chi connectivity index (χ0v) is 13.8. The zero-order valence-electron chi connectivity index (χ0n) is 13.8. The van der Waals surface area contributed by atoms with E-state index in [1.165, 1.54) is 0 Å². The van der Waals surface area contributed by atoms with E-state index in [1.54, 1.807) is 4.68 Å². The Balaban J connectivity index is 1.74. The largest absolute Gasteiger partial charge is 0.372 e. The summed E-state index contributed by atoms with van der Waals surface area (Å²) in [6.45, 7) is 7.18. The molecule has 3 rings (SSSR count). The smallest absolute Gasteiger partial charge is 0.247 e. The molecule has 1 aromatic carbocycles. The van der Waals surface area contributed by atoms with Crippen LogP contribution in [0.15, 0.2) is 42.7 Å². The van der Waals surface area contributed by atoms with Crippen molar-refractivity contribution in [2.75, 3.05) is 13.1 Å². The fourth-order valence-corrected chi connectivity index (χ4v) is 3.06. The summed E-state index contributed by atoms with van der Waals surface area (Å²) in [5.74, 6) is 0.0923. The molecule has 0 N–H and O–H groups in total. The van der Waals surface area contributed by atoms with Gasteiger partial charge in [0, 0.05) is 24.8 Å². The maximum atomic E-state index is 12.7. The van der Waals surface area contributed by atoms with E-state index in [4.69, 9.17) is 4.74 Å². The standard InChI is InChI=1S/C18H23N3O2/c1-13-10-20(11-14(2)23-13)18(22)15(3)21-12-17(9-19-21)16-7-5-4-6-8-16/h4-9,12-15H,10-11H2,1-3H3/t13-,14+,15-/m1/s1. The molecule has 2 heterocycles. The quantitative estimate of drug-likeness (QED) is 0.875. The minimum Gasteiger partial charge on any atom is -0.372 e. The molecule has 0 saturated carbocycles. The van der Waals surface area contributed by atoms with Gasteiger partial charge in [0.25, 0.3) is 0 Å². The van der Waals surface area contributed by atoms with Crippen LogP contribution in [-0.4, -0.2) is 45.9 Å². The predicted molar refractivity (Wildman–Crippen MR) is 89.0 cm³/mol. The molecule has 0 bridgehead atoms. The molecule has 5 heteroatoms. The van der Waals surface area contributed by atoms with Crippen LogP contribution in [0.4, 0.5) is 0 Å². The van der Waals surface area contributed by atoms with Crippen LogP contribution in [-0.2, 0) is 9.53 Å². The highest BCUT2D eigenvalue weighted by Crippen LogP contribution is 2.21. The van der Waals surface area contributed by atoms with Gasteiger partial charge in [-0.1, -0.05) is 30.3 Å². The minimum atomic E-state index is -0.315. The lowest BCUT2D eigenvalue weighted by atomic mass is 10.1. The molecule has 2 aromatic rings. The zero-order chi connectivity index (χ0) is 16.4. The molecule has 1 aliphatic rings. The van der Waals surface area contributed by atoms with Crippen LogP contribution >= 0.6 is 0 Å². The number of hydrogen-bond donors (Lipinski definition) is 0. The summed E-state index contributed by atoms with van der Waals surface area (Å²) in [6, 6.07) is 9.75. The van der Waals surface area contributed by atoms with Crippen molar-refractivity contribution in [3.63, 3.8) is 0 Å². The lowest BCUT2D eigenvalue weighted by Gasteiger charge is -2.36. The van der Waals surface area contributed by atoms with Gasteiger partial charge < -0.3 is 9.64 Å². The minimum absolute atomic E-state index is 0.0763. The Labute approximate surface area is 136 Å². The highest BCUT2D eigenvalue weighted by Gasteiger charge is 2.29. The lowest BCUT2D eigenvalue weighted by Crippen LogP contribution is -2.50. The molecule has 0 spiro atoms. The number of ether oxygens (including phenoxy) is 1. The molecule has 1 amide bonds. The molecule has 1 saturated heterocycles. The van der Waals surface area contributed by atoms with Gasteiger partial charge in [-0.2, -0.15) is 5.10 Å². The first-order valence-electron chi connectivity index (χ1n) is 8.08. The Kier molecular flexibility index (Phi) is 4.48. The number of morpholine rings is 1. The van der Waals surface area contributed by atoms with Crippen molar-refractivity contribution in [1.29, 1.82) is 0 Å². The Bertz CT molecular complexity index is 658. The third-order valence-corrected chi connectivity index (χ3v) is 4.19. The van der Waals surface area contributed by atoms with Crippen molar-refractivity contribution in [2.24, 2.45) is 0 Å². The SMILES string of the molecule is C[C@@H]1CN(C(=O)[C@@H](C)n2cc(-c3ccccc3)cn2)C[C@H](C)O1. The van der Waals surface area contributed by atoms with Crippen molar-refractivity contribution < 1.29 is 9.53 Å². The summed E-state index contributed by atoms with van der Waals surface area (Å²) < 4.78 is 7.44. The second-order valence-electron chi connectivity index (χ2n) is 6.25. The Morgan fingerprint density at radius 3 is 2.48 bits per heavy atom. The highest BCUT2D eigenvalue weighted by molar-refractivity contribution is 5.80. The van der Waals surface area contributed by atoms with E-state index in [0.717, 1.165) is 11.1 Å². The van der Waals surface area contributed by atoms with Gasteiger partial charge in [-0.15, -0.1) is 0 Å². The molecule has 0 aliphatic carbocycles. The van der Waals surface area contributed by atoms with E-state index < -0.39 is 0 Å². The van der Waals surface area contributed by atoms with Crippen LogP contribution in [0.3, 0.4) is 0 Å². The van der Waals surface area contributed by atoms with Gasteiger partial charge in [-0.05, 0) is 26.3 Å². The summed E-state index contributed by atoms with van der Waals surface area (Å²) in [7, 11) is 0. The Hall–Kier alpha value is -2.14. The number of carbonyl (C=O) groups is 1. The monoisotopic (exact) mass is 313 g/mol. The van der Waals surface area contributed by atoms with E-state index in [-0.39, 0.29) is 24.2 Å². The van der Waals surface area contributed by atoms with Gasteiger partial charge in [0.1, 0.15) is 6.04 Å². The second kappa shape index (κ2) is 6.54. The first-order valence-corrected chi connectivity index (χ1v) is 8.08. The molecule has 23 heavy (non-hydrogen) atoms. The summed E-state index contributed by atoms with van der Waals surface area (Å²) in [5, 5.41) is 4.38. The maximum Gasteiger partial charge on any atom is 0.247 e. The third kappa shape index (κ3) is 3.45. The predicted octanol–water partition coefficient (Wildman–Crippen LogP) is 2.75. The maximum absolute atomic E-state index is 12.7. The van der Waals surface area contributed by atoms with Crippen LogP contribution in [0.5, 0.6) is 0 Å². The first kappa shape index (κ1) is 15.7. The molecule has 1 aliphatic heterocycles. The summed E-state index contributed by atoms with van der Waals surface area (Å²) in [5.41, 5.74) is 2.13. The van der Waals surface area contributed by atoms with Gasteiger partial charge in [0.15, 0.2) is 0 Å². The average molecular weight is 313 g/mol. The van der Waals surface area contributed by atoms with Gasteiger partial charge >= 0.3 is 0 Å². The normalized spacial score (nSPS) is 22.8. The highest BCUT2D eigenvalue weighted by atomic mass is 16.5. The van der Waals surface area contributed by atoms with Crippen molar-refractivity contribution in [1.82, 2.24) is 14.7 Å². The molecule has 0 radical (unpaired) electrons. The van der Waals surface area contributed by atoms with Gasteiger partial charge in [-0.3, -0.25) is 9.48 Å². The Morgan fingerprint density at radius 2 is 1.83 bits per heavy atom. The van der Waals surface area contributed by atoms with Crippen LogP contribution in [0, 0.1) is 0 Å². The first-order chi connectivity index (χ1) is 11.0. The summed E-state index contributed by atoms with van der Waals surface area (Å²) in [6.07, 6.45) is 3.90. The number of hydrogen-bond acceptors (Lipinski definition) is 3. The Morgan fingerprint density at radius 1 is 1.17 bits per heavy atom. The number of carbonyl (C=O) groups excluding carboxylic acids is 1. The molecule has 5 nitrogen and oxygen atoms in total. The van der Waals surface area contributed by atoms with Crippen LogP contribution in [0.1, 0.15) is 26.8 Å². The van der Waals surface area contributed by atoms with E-state index in [0.29, 0.717) is 13.1 Å². The van der Waals surface area contributed by atoms with Crippen LogP contribution < -0.4 is 0 Å². The number of benzene rings is 1. The third-order valence-electron chi connectivity index (χ3n) is 4.19. The van der Waals surface area contributed by atoms with Gasteiger partial charge in [0.05, 0.1) is 18.4 Å². The molecule has 1 aromatic heterocycles. The van der Waals surface area contributed by atoms with Crippen molar-refractivity contribution in [3.8, 4) is 11.1 Å². The molecule has 1 fully saturated rings. The van der Waals surface area contributed by atoms with Crippen LogP contribution in [0.25, 0.3) is 11.1 Å². The van der Waals surface area contributed by atoms with Gasteiger partial charge in [-0.25, -0.2) is 0 Å². The number of aromatic nitrogens is 2. The topological polar surface area (TPSA) is 47.4 Å². The van der Waals surface area contributed by atoms with E-state index in [1.807, 2.05) is 68.4 Å². The summed E-state index contributed by atoms with van der Waals surface area (Å²) >= 11 is 0. The number of rotatable bonds is 3. The molecule has 0 unspecified atom stereocenters. The van der Waals surface area contributed by atoms with Crippen molar-refractivity contribution in [3.05, 3.63) is 42.7 Å². The second-order valence-corrected chi connectivity index (χ2v) is 6.25. The van der Waals surface area contributed by atoms with E-state index >= 15 is 0 Å². The average Bonchev–Trinajstić information content (AvgIpc) is 3.03. The molecular weight excluding hydrogens is 290 g/mol. The molecule has 122 valence electrons. The van der Waals surface area contributed by atoms with Crippen molar-refractivity contribution >= 4 is 5.91 Å². The van der Waals surface area contributed by atoms with Crippen molar-refractivity contribution in [2.45, 2.75) is 39.0 Å². The van der Waals surface area contributed by atoms with Crippen LogP contribution in [0.2, 0.25) is 0 Å². The number of amides is 1. The van der Waals surface area contributed by atoms with E-state index in [9.17, 15) is 4.79 Å². The fourth-order valence-electron chi connectivity index (χ4n) is 3.06. The fraction of sp³-hybridized carbons (Fsp3) is 0.444. The summed E-state index contributed by atoms with van der Waals surface area (Å²) in [4.78, 5) is 14.6. The van der Waals surface area contributed by atoms with E-state index in [2.05, 4.69) is 5.10 Å². The molecular formula is C18H23N3O2. The lowest BCUT2D eigenvalue weighted by molar-refractivity contribution is -0.146.